The number of ether oxygens (including phenoxy) is 1. The summed E-state index contributed by atoms with van der Waals surface area (Å²) < 4.78 is 5.11. The molecule has 1 rings (SSSR count). The van der Waals surface area contributed by atoms with Gasteiger partial charge in [-0.2, -0.15) is 0 Å². The second-order valence-electron chi connectivity index (χ2n) is 2.33. The first-order valence-electron chi connectivity index (χ1n) is 3.03. The molecule has 0 spiro atoms. The summed E-state index contributed by atoms with van der Waals surface area (Å²) in [5.74, 6) is 0. The lowest BCUT2D eigenvalue weighted by Crippen LogP contribution is -2.00. The molecular weight excluding hydrogens is 100 g/mol. The van der Waals surface area contributed by atoms with Gasteiger partial charge in [0.25, 0.3) is 0 Å². The van der Waals surface area contributed by atoms with Crippen molar-refractivity contribution in [2.75, 3.05) is 7.11 Å². The van der Waals surface area contributed by atoms with E-state index in [-0.39, 0.29) is 0 Å². The van der Waals surface area contributed by atoms with E-state index in [9.17, 15) is 0 Å². The monoisotopic (exact) mass is 112 g/mol. The van der Waals surface area contributed by atoms with E-state index in [4.69, 9.17) is 4.74 Å². The zero-order chi connectivity index (χ0) is 5.98. The van der Waals surface area contributed by atoms with E-state index >= 15 is 0 Å². The first kappa shape index (κ1) is 5.83. The topological polar surface area (TPSA) is 9.23 Å². The van der Waals surface area contributed by atoms with Crippen LogP contribution in [0, 0.1) is 0 Å². The van der Waals surface area contributed by atoms with Crippen molar-refractivity contribution in [3.8, 4) is 0 Å². The van der Waals surface area contributed by atoms with Gasteiger partial charge in [0.2, 0.25) is 0 Å². The Labute approximate surface area is 50.3 Å². The molecule has 0 aromatic carbocycles. The SMILES string of the molecule is COC1C=C(C)CC1. The van der Waals surface area contributed by atoms with Crippen molar-refractivity contribution in [1.82, 2.24) is 0 Å². The predicted octanol–water partition coefficient (Wildman–Crippen LogP) is 1.74. The molecule has 0 fully saturated rings. The number of allylic oxidation sites excluding steroid dienone is 1. The Balaban J connectivity index is 2.41. The maximum atomic E-state index is 5.11. The van der Waals surface area contributed by atoms with Crippen LogP contribution in [0.1, 0.15) is 19.8 Å². The van der Waals surface area contributed by atoms with E-state index < -0.39 is 0 Å². The van der Waals surface area contributed by atoms with Gasteiger partial charge in [0.15, 0.2) is 0 Å². The van der Waals surface area contributed by atoms with Crippen LogP contribution in [0.3, 0.4) is 0 Å². The molecule has 0 aliphatic heterocycles. The van der Waals surface area contributed by atoms with E-state index in [1.54, 1.807) is 7.11 Å². The minimum Gasteiger partial charge on any atom is -0.377 e. The summed E-state index contributed by atoms with van der Waals surface area (Å²) >= 11 is 0. The Hall–Kier alpha value is -0.300. The van der Waals surface area contributed by atoms with Crippen molar-refractivity contribution in [2.45, 2.75) is 25.9 Å². The maximum absolute atomic E-state index is 5.11. The molecule has 0 heterocycles. The lowest BCUT2D eigenvalue weighted by molar-refractivity contribution is 0.141. The largest absolute Gasteiger partial charge is 0.377 e. The van der Waals surface area contributed by atoms with Crippen LogP contribution in [0.5, 0.6) is 0 Å². The minimum absolute atomic E-state index is 0.412. The van der Waals surface area contributed by atoms with E-state index in [0.29, 0.717) is 6.10 Å². The summed E-state index contributed by atoms with van der Waals surface area (Å²) in [6.07, 6.45) is 5.01. The average Bonchev–Trinajstić information content (AvgIpc) is 2.14. The number of hydrogen-bond donors (Lipinski definition) is 0. The highest BCUT2D eigenvalue weighted by Crippen LogP contribution is 2.18. The van der Waals surface area contributed by atoms with Crippen molar-refractivity contribution in [3.63, 3.8) is 0 Å². The van der Waals surface area contributed by atoms with Gasteiger partial charge in [-0.3, -0.25) is 0 Å². The van der Waals surface area contributed by atoms with Crippen molar-refractivity contribution < 1.29 is 4.74 Å². The maximum Gasteiger partial charge on any atom is 0.0757 e. The second-order valence-corrected chi connectivity index (χ2v) is 2.33. The second kappa shape index (κ2) is 2.31. The molecule has 0 saturated carbocycles. The van der Waals surface area contributed by atoms with Crippen LogP contribution in [0.25, 0.3) is 0 Å². The van der Waals surface area contributed by atoms with Crippen LogP contribution in [0.2, 0.25) is 0 Å². The van der Waals surface area contributed by atoms with Gasteiger partial charge in [0, 0.05) is 7.11 Å². The quantitative estimate of drug-likeness (QED) is 0.469. The molecule has 0 aromatic heterocycles. The number of rotatable bonds is 1. The van der Waals surface area contributed by atoms with Crippen molar-refractivity contribution in [1.29, 1.82) is 0 Å². The number of methoxy groups -OCH3 is 1. The third kappa shape index (κ3) is 1.10. The van der Waals surface area contributed by atoms with Gasteiger partial charge in [-0.25, -0.2) is 0 Å². The molecule has 1 atom stereocenters. The van der Waals surface area contributed by atoms with Crippen LogP contribution >= 0.6 is 0 Å². The Morgan fingerprint density at radius 1 is 1.75 bits per heavy atom. The molecule has 8 heavy (non-hydrogen) atoms. The third-order valence-electron chi connectivity index (χ3n) is 1.60. The fourth-order valence-electron chi connectivity index (χ4n) is 1.04. The molecule has 0 bridgehead atoms. The summed E-state index contributed by atoms with van der Waals surface area (Å²) in [6, 6.07) is 0. The summed E-state index contributed by atoms with van der Waals surface area (Å²) in [6.45, 7) is 2.15. The molecule has 0 amide bonds. The van der Waals surface area contributed by atoms with Gasteiger partial charge in [-0.05, 0) is 19.8 Å². The standard InChI is InChI=1S/C7H12O/c1-6-3-4-7(5-6)8-2/h5,7H,3-4H2,1-2H3. The van der Waals surface area contributed by atoms with Gasteiger partial charge >= 0.3 is 0 Å². The van der Waals surface area contributed by atoms with Crippen molar-refractivity contribution in [3.05, 3.63) is 11.6 Å². The van der Waals surface area contributed by atoms with Gasteiger partial charge in [-0.15, -0.1) is 0 Å². The lowest BCUT2D eigenvalue weighted by Gasteiger charge is -2.00. The summed E-state index contributed by atoms with van der Waals surface area (Å²) in [5, 5.41) is 0. The first-order chi connectivity index (χ1) is 3.83. The molecule has 0 N–H and O–H groups in total. The number of hydrogen-bond acceptors (Lipinski definition) is 1. The van der Waals surface area contributed by atoms with Crippen LogP contribution in [-0.4, -0.2) is 13.2 Å². The highest BCUT2D eigenvalue weighted by molar-refractivity contribution is 5.08. The van der Waals surface area contributed by atoms with E-state index in [1.807, 2.05) is 0 Å². The van der Waals surface area contributed by atoms with E-state index in [1.165, 1.54) is 18.4 Å². The van der Waals surface area contributed by atoms with Crippen molar-refractivity contribution in [2.24, 2.45) is 0 Å². The van der Waals surface area contributed by atoms with Crippen molar-refractivity contribution >= 4 is 0 Å². The highest BCUT2D eigenvalue weighted by Gasteiger charge is 2.10. The Morgan fingerprint density at radius 2 is 2.50 bits per heavy atom. The molecule has 0 saturated heterocycles. The van der Waals surface area contributed by atoms with Crippen LogP contribution < -0.4 is 0 Å². The van der Waals surface area contributed by atoms with Crippen LogP contribution in [0.15, 0.2) is 11.6 Å². The van der Waals surface area contributed by atoms with Gasteiger partial charge in [0.05, 0.1) is 6.10 Å². The lowest BCUT2D eigenvalue weighted by atomic mass is 10.3. The fourth-order valence-corrected chi connectivity index (χ4v) is 1.04. The molecule has 1 aliphatic rings. The Morgan fingerprint density at radius 3 is 2.75 bits per heavy atom. The Bertz CT molecular complexity index is 105. The predicted molar refractivity (Wildman–Crippen MR) is 33.8 cm³/mol. The molecule has 0 aromatic rings. The van der Waals surface area contributed by atoms with Gasteiger partial charge in [-0.1, -0.05) is 11.6 Å². The third-order valence-corrected chi connectivity index (χ3v) is 1.60. The Kier molecular flexibility index (Phi) is 1.69. The molecule has 1 nitrogen and oxygen atoms in total. The minimum atomic E-state index is 0.412. The molecule has 1 heteroatoms. The summed E-state index contributed by atoms with van der Waals surface area (Å²) in [5.41, 5.74) is 1.47. The fraction of sp³-hybridized carbons (Fsp3) is 0.714. The van der Waals surface area contributed by atoms with Gasteiger partial charge in [0.1, 0.15) is 0 Å². The summed E-state index contributed by atoms with van der Waals surface area (Å²) in [7, 11) is 1.76. The zero-order valence-corrected chi connectivity index (χ0v) is 5.48. The molecule has 0 radical (unpaired) electrons. The first-order valence-corrected chi connectivity index (χ1v) is 3.03. The average molecular weight is 112 g/mol. The van der Waals surface area contributed by atoms with Gasteiger partial charge < -0.3 is 4.74 Å². The zero-order valence-electron chi connectivity index (χ0n) is 5.48. The smallest absolute Gasteiger partial charge is 0.0757 e. The highest BCUT2D eigenvalue weighted by atomic mass is 16.5. The summed E-state index contributed by atoms with van der Waals surface area (Å²) in [4.78, 5) is 0. The molecule has 1 aliphatic carbocycles. The van der Waals surface area contributed by atoms with Crippen LogP contribution in [-0.2, 0) is 4.74 Å². The molecular formula is C7H12O. The van der Waals surface area contributed by atoms with Crippen LogP contribution in [0.4, 0.5) is 0 Å². The molecule has 46 valence electrons. The van der Waals surface area contributed by atoms with E-state index in [2.05, 4.69) is 13.0 Å². The molecule has 1 unspecified atom stereocenters. The normalized spacial score (nSPS) is 28.2. The van der Waals surface area contributed by atoms with E-state index in [0.717, 1.165) is 0 Å².